The maximum atomic E-state index is 12.3. The van der Waals surface area contributed by atoms with Crippen LogP contribution < -0.4 is 14.8 Å². The van der Waals surface area contributed by atoms with Crippen LogP contribution in [0.15, 0.2) is 42.6 Å². The Hall–Kier alpha value is -3.02. The molecule has 0 radical (unpaired) electrons. The van der Waals surface area contributed by atoms with Crippen LogP contribution in [0.3, 0.4) is 0 Å². The van der Waals surface area contributed by atoms with Crippen molar-refractivity contribution in [1.29, 1.82) is 0 Å². The molecular weight excluding hydrogens is 294 g/mol. The number of carbonyl (C=O) groups is 1. The van der Waals surface area contributed by atoms with E-state index in [2.05, 4.69) is 15.5 Å². The van der Waals surface area contributed by atoms with Crippen molar-refractivity contribution >= 4 is 16.8 Å². The smallest absolute Gasteiger partial charge is 0.251 e. The summed E-state index contributed by atoms with van der Waals surface area (Å²) in [5.74, 6) is 1.23. The summed E-state index contributed by atoms with van der Waals surface area (Å²) in [6.45, 7) is 0.368. The lowest BCUT2D eigenvalue weighted by Gasteiger charge is -2.11. The molecule has 2 N–H and O–H groups in total. The third-order valence-corrected chi connectivity index (χ3v) is 3.64. The summed E-state index contributed by atoms with van der Waals surface area (Å²) in [7, 11) is 3.19. The van der Waals surface area contributed by atoms with Crippen molar-refractivity contribution in [2.75, 3.05) is 14.2 Å². The van der Waals surface area contributed by atoms with Crippen LogP contribution in [0.5, 0.6) is 11.5 Å². The van der Waals surface area contributed by atoms with E-state index < -0.39 is 0 Å². The molecule has 2 aromatic carbocycles. The second kappa shape index (κ2) is 6.39. The number of methoxy groups -OCH3 is 2. The van der Waals surface area contributed by atoms with Gasteiger partial charge in [0.25, 0.3) is 5.91 Å². The minimum atomic E-state index is -0.153. The molecule has 1 amide bonds. The second-order valence-electron chi connectivity index (χ2n) is 5.03. The second-order valence-corrected chi connectivity index (χ2v) is 5.03. The van der Waals surface area contributed by atoms with Gasteiger partial charge in [0.15, 0.2) is 0 Å². The maximum Gasteiger partial charge on any atom is 0.251 e. The molecule has 6 heteroatoms. The number of nitrogens with one attached hydrogen (secondary N) is 2. The fourth-order valence-corrected chi connectivity index (χ4v) is 2.35. The zero-order valence-electron chi connectivity index (χ0n) is 12.9. The number of fused-ring (bicyclic) bond motifs is 1. The van der Waals surface area contributed by atoms with Gasteiger partial charge < -0.3 is 14.8 Å². The normalized spacial score (nSPS) is 10.5. The third kappa shape index (κ3) is 3.11. The average Bonchev–Trinajstić information content (AvgIpc) is 3.07. The molecule has 0 atom stereocenters. The van der Waals surface area contributed by atoms with Crippen LogP contribution in [0, 0.1) is 0 Å². The van der Waals surface area contributed by atoms with Gasteiger partial charge in [0, 0.05) is 29.1 Å². The molecular formula is C17H17N3O3. The number of aromatic nitrogens is 2. The number of ether oxygens (including phenoxy) is 2. The number of nitrogens with zero attached hydrogens (tertiary/aromatic N) is 1. The first-order valence-electron chi connectivity index (χ1n) is 7.13. The Bertz CT molecular complexity index is 842. The van der Waals surface area contributed by atoms with Gasteiger partial charge in [-0.15, -0.1) is 0 Å². The van der Waals surface area contributed by atoms with E-state index >= 15 is 0 Å². The first-order valence-corrected chi connectivity index (χ1v) is 7.13. The Kier molecular flexibility index (Phi) is 4.14. The Morgan fingerprint density at radius 2 is 2.04 bits per heavy atom. The van der Waals surface area contributed by atoms with Crippen LogP contribution in [-0.4, -0.2) is 30.3 Å². The summed E-state index contributed by atoms with van der Waals surface area (Å²) in [6.07, 6.45) is 1.72. The van der Waals surface area contributed by atoms with Crippen molar-refractivity contribution < 1.29 is 14.3 Å². The SMILES string of the molecule is COc1ccc(CNC(=O)c2ccc3cn[nH]c3c2)c(OC)c1. The molecule has 0 saturated carbocycles. The lowest BCUT2D eigenvalue weighted by molar-refractivity contribution is 0.0951. The fraction of sp³-hybridized carbons (Fsp3) is 0.176. The molecule has 1 heterocycles. The van der Waals surface area contributed by atoms with E-state index in [1.165, 1.54) is 0 Å². The Labute approximate surface area is 133 Å². The van der Waals surface area contributed by atoms with E-state index in [0.717, 1.165) is 16.5 Å². The standard InChI is InChI=1S/C17H17N3O3/c1-22-14-6-5-13(16(8-14)23-2)9-18-17(21)11-3-4-12-10-19-20-15(12)7-11/h3-8,10H,9H2,1-2H3,(H,18,21)(H,19,20). The van der Waals surface area contributed by atoms with Gasteiger partial charge in [-0.3, -0.25) is 9.89 Å². The predicted molar refractivity (Wildman–Crippen MR) is 86.8 cm³/mol. The summed E-state index contributed by atoms with van der Waals surface area (Å²) in [4.78, 5) is 12.3. The molecule has 0 fully saturated rings. The van der Waals surface area contributed by atoms with Crippen molar-refractivity contribution in [3.63, 3.8) is 0 Å². The molecule has 3 rings (SSSR count). The molecule has 0 bridgehead atoms. The number of aromatic amines is 1. The molecule has 23 heavy (non-hydrogen) atoms. The van der Waals surface area contributed by atoms with Crippen molar-refractivity contribution in [3.8, 4) is 11.5 Å². The van der Waals surface area contributed by atoms with Crippen LogP contribution in [0.25, 0.3) is 10.9 Å². The Morgan fingerprint density at radius 1 is 1.17 bits per heavy atom. The van der Waals surface area contributed by atoms with E-state index in [4.69, 9.17) is 9.47 Å². The molecule has 1 aromatic heterocycles. The molecule has 0 saturated heterocycles. The Balaban J connectivity index is 1.73. The third-order valence-electron chi connectivity index (χ3n) is 3.64. The van der Waals surface area contributed by atoms with Crippen molar-refractivity contribution in [3.05, 3.63) is 53.7 Å². The summed E-state index contributed by atoms with van der Waals surface area (Å²) in [6, 6.07) is 10.9. The lowest BCUT2D eigenvalue weighted by atomic mass is 10.1. The van der Waals surface area contributed by atoms with Gasteiger partial charge in [-0.25, -0.2) is 0 Å². The van der Waals surface area contributed by atoms with Gasteiger partial charge in [0.2, 0.25) is 0 Å². The molecule has 0 aliphatic carbocycles. The van der Waals surface area contributed by atoms with Crippen molar-refractivity contribution in [1.82, 2.24) is 15.5 Å². The molecule has 3 aromatic rings. The van der Waals surface area contributed by atoms with Gasteiger partial charge in [-0.2, -0.15) is 5.10 Å². The highest BCUT2D eigenvalue weighted by atomic mass is 16.5. The van der Waals surface area contributed by atoms with Crippen LogP contribution in [0.1, 0.15) is 15.9 Å². The van der Waals surface area contributed by atoms with E-state index in [0.29, 0.717) is 23.6 Å². The highest BCUT2D eigenvalue weighted by Crippen LogP contribution is 2.24. The lowest BCUT2D eigenvalue weighted by Crippen LogP contribution is -2.23. The fourth-order valence-electron chi connectivity index (χ4n) is 2.35. The molecule has 118 valence electrons. The predicted octanol–water partition coefficient (Wildman–Crippen LogP) is 2.51. The molecule has 0 spiro atoms. The highest BCUT2D eigenvalue weighted by Gasteiger charge is 2.10. The van der Waals surface area contributed by atoms with Crippen molar-refractivity contribution in [2.45, 2.75) is 6.54 Å². The van der Waals surface area contributed by atoms with Crippen LogP contribution in [0.4, 0.5) is 0 Å². The zero-order valence-corrected chi connectivity index (χ0v) is 12.9. The monoisotopic (exact) mass is 311 g/mol. The van der Waals surface area contributed by atoms with Gasteiger partial charge in [-0.05, 0) is 24.3 Å². The summed E-state index contributed by atoms with van der Waals surface area (Å²) >= 11 is 0. The van der Waals surface area contributed by atoms with Crippen molar-refractivity contribution in [2.24, 2.45) is 0 Å². The average molecular weight is 311 g/mol. The van der Waals surface area contributed by atoms with Gasteiger partial charge >= 0.3 is 0 Å². The molecule has 6 nitrogen and oxygen atoms in total. The quantitative estimate of drug-likeness (QED) is 0.759. The Morgan fingerprint density at radius 3 is 2.83 bits per heavy atom. The zero-order chi connectivity index (χ0) is 16.2. The number of H-pyrrole nitrogens is 1. The summed E-state index contributed by atoms with van der Waals surface area (Å²) in [5.41, 5.74) is 2.29. The summed E-state index contributed by atoms with van der Waals surface area (Å²) in [5, 5.41) is 10.7. The van der Waals surface area contributed by atoms with E-state index in [1.54, 1.807) is 38.6 Å². The van der Waals surface area contributed by atoms with Gasteiger partial charge in [0.1, 0.15) is 11.5 Å². The van der Waals surface area contributed by atoms with E-state index in [-0.39, 0.29) is 5.91 Å². The van der Waals surface area contributed by atoms with Crippen LogP contribution in [-0.2, 0) is 6.54 Å². The van der Waals surface area contributed by atoms with E-state index in [1.807, 2.05) is 18.2 Å². The molecule has 0 unspecified atom stereocenters. The number of amides is 1. The first kappa shape index (κ1) is 14.9. The van der Waals surface area contributed by atoms with Crippen LogP contribution >= 0.6 is 0 Å². The first-order chi connectivity index (χ1) is 11.2. The van der Waals surface area contributed by atoms with E-state index in [9.17, 15) is 4.79 Å². The molecule has 0 aliphatic rings. The minimum absolute atomic E-state index is 0.153. The maximum absolute atomic E-state index is 12.3. The largest absolute Gasteiger partial charge is 0.497 e. The highest BCUT2D eigenvalue weighted by molar-refractivity contribution is 5.97. The number of hydrogen-bond donors (Lipinski definition) is 2. The number of benzene rings is 2. The van der Waals surface area contributed by atoms with Crippen LogP contribution in [0.2, 0.25) is 0 Å². The number of carbonyl (C=O) groups excluding carboxylic acids is 1. The molecule has 0 aliphatic heterocycles. The summed E-state index contributed by atoms with van der Waals surface area (Å²) < 4.78 is 10.5. The van der Waals surface area contributed by atoms with Gasteiger partial charge in [0.05, 0.1) is 25.9 Å². The number of rotatable bonds is 5. The topological polar surface area (TPSA) is 76.2 Å². The minimum Gasteiger partial charge on any atom is -0.497 e. The number of hydrogen-bond acceptors (Lipinski definition) is 4. The van der Waals surface area contributed by atoms with Gasteiger partial charge in [-0.1, -0.05) is 6.07 Å².